The van der Waals surface area contributed by atoms with E-state index in [4.69, 9.17) is 14.6 Å². The summed E-state index contributed by atoms with van der Waals surface area (Å²) in [6.45, 7) is 0. The van der Waals surface area contributed by atoms with Crippen LogP contribution in [0.2, 0.25) is 0 Å². The van der Waals surface area contributed by atoms with Crippen molar-refractivity contribution in [1.82, 2.24) is 0 Å². The van der Waals surface area contributed by atoms with Gasteiger partial charge in [0.05, 0.1) is 20.6 Å². The summed E-state index contributed by atoms with van der Waals surface area (Å²) >= 11 is 2.08. The molecule has 1 aromatic carbocycles. The van der Waals surface area contributed by atoms with Crippen LogP contribution in [0, 0.1) is 3.57 Å². The van der Waals surface area contributed by atoms with Gasteiger partial charge in [-0.05, 0) is 40.3 Å². The van der Waals surface area contributed by atoms with Gasteiger partial charge in [-0.1, -0.05) is 0 Å². The molecule has 0 aliphatic rings. The number of carboxylic acids is 1. The second-order valence-corrected chi connectivity index (χ2v) is 4.03. The Hall–Kier alpha value is -0.980. The first-order chi connectivity index (χ1) is 7.08. The van der Waals surface area contributed by atoms with Gasteiger partial charge in [0.1, 0.15) is 0 Å². The summed E-state index contributed by atoms with van der Waals surface area (Å²) in [6, 6.07) is 3.45. The average molecular weight is 322 g/mol. The maximum atomic E-state index is 10.6. The molecule has 5 heteroatoms. The molecule has 15 heavy (non-hydrogen) atoms. The Balaban J connectivity index is 3.13. The van der Waals surface area contributed by atoms with E-state index in [1.54, 1.807) is 19.2 Å². The second kappa shape index (κ2) is 5.20. The predicted molar refractivity (Wildman–Crippen MR) is 63.6 cm³/mol. The smallest absolute Gasteiger partial charge is 0.307 e. The highest BCUT2D eigenvalue weighted by Crippen LogP contribution is 2.31. The molecular formula is C10H11IO4. The summed E-state index contributed by atoms with van der Waals surface area (Å²) in [5.41, 5.74) is 0.723. The van der Waals surface area contributed by atoms with Gasteiger partial charge in [0.25, 0.3) is 0 Å². The third-order valence-corrected chi connectivity index (χ3v) is 2.90. The summed E-state index contributed by atoms with van der Waals surface area (Å²) in [5, 5.41) is 8.71. The summed E-state index contributed by atoms with van der Waals surface area (Å²) in [5.74, 6) is 0.297. The Morgan fingerprint density at radius 2 is 1.87 bits per heavy atom. The quantitative estimate of drug-likeness (QED) is 0.861. The van der Waals surface area contributed by atoms with Gasteiger partial charge in [-0.3, -0.25) is 4.79 Å². The SMILES string of the molecule is COc1cc(I)c(CC(=O)O)cc1OC. The number of carboxylic acid groups (broad SMARTS) is 1. The molecule has 0 aromatic heterocycles. The second-order valence-electron chi connectivity index (χ2n) is 2.87. The summed E-state index contributed by atoms with van der Waals surface area (Å²) < 4.78 is 11.0. The van der Waals surface area contributed by atoms with Crippen LogP contribution in [-0.2, 0) is 11.2 Å². The van der Waals surface area contributed by atoms with Crippen LogP contribution in [0.25, 0.3) is 0 Å². The van der Waals surface area contributed by atoms with Gasteiger partial charge in [-0.25, -0.2) is 0 Å². The number of carbonyl (C=O) groups is 1. The van der Waals surface area contributed by atoms with Crippen LogP contribution in [0.3, 0.4) is 0 Å². The van der Waals surface area contributed by atoms with E-state index in [0.717, 1.165) is 9.13 Å². The lowest BCUT2D eigenvalue weighted by Crippen LogP contribution is -2.03. The maximum Gasteiger partial charge on any atom is 0.307 e. The number of hydrogen-bond acceptors (Lipinski definition) is 3. The standard InChI is InChI=1S/C10H11IO4/c1-14-8-3-6(4-10(12)13)7(11)5-9(8)15-2/h3,5H,4H2,1-2H3,(H,12,13). The summed E-state index contributed by atoms with van der Waals surface area (Å²) in [7, 11) is 3.07. The molecule has 0 amide bonds. The van der Waals surface area contributed by atoms with Gasteiger partial charge in [-0.2, -0.15) is 0 Å². The van der Waals surface area contributed by atoms with Crippen LogP contribution in [0.15, 0.2) is 12.1 Å². The number of rotatable bonds is 4. The lowest BCUT2D eigenvalue weighted by atomic mass is 10.1. The van der Waals surface area contributed by atoms with Crippen molar-refractivity contribution in [3.63, 3.8) is 0 Å². The Bertz CT molecular complexity index is 376. The first-order valence-electron chi connectivity index (χ1n) is 4.20. The first-order valence-corrected chi connectivity index (χ1v) is 5.28. The molecule has 0 fully saturated rings. The topological polar surface area (TPSA) is 55.8 Å². The van der Waals surface area contributed by atoms with Gasteiger partial charge in [0.2, 0.25) is 0 Å². The molecule has 0 saturated carbocycles. The van der Waals surface area contributed by atoms with Crippen molar-refractivity contribution in [1.29, 1.82) is 0 Å². The number of methoxy groups -OCH3 is 2. The predicted octanol–water partition coefficient (Wildman–Crippen LogP) is 1.94. The number of aliphatic carboxylic acids is 1. The highest BCUT2D eigenvalue weighted by atomic mass is 127. The van der Waals surface area contributed by atoms with Gasteiger partial charge >= 0.3 is 5.97 Å². The fourth-order valence-electron chi connectivity index (χ4n) is 1.19. The molecule has 1 rings (SSSR count). The van der Waals surface area contributed by atoms with Crippen molar-refractivity contribution in [3.05, 3.63) is 21.3 Å². The molecule has 0 bridgehead atoms. The normalized spacial score (nSPS) is 9.80. The maximum absolute atomic E-state index is 10.6. The van der Waals surface area contributed by atoms with E-state index >= 15 is 0 Å². The van der Waals surface area contributed by atoms with Crippen molar-refractivity contribution in [2.24, 2.45) is 0 Å². The molecule has 0 aliphatic carbocycles. The zero-order chi connectivity index (χ0) is 11.4. The number of ether oxygens (including phenoxy) is 2. The minimum absolute atomic E-state index is 0.0153. The number of halogens is 1. The van der Waals surface area contributed by atoms with Gasteiger partial charge in [0.15, 0.2) is 11.5 Å². The van der Waals surface area contributed by atoms with Crippen molar-refractivity contribution in [2.45, 2.75) is 6.42 Å². The molecule has 0 atom stereocenters. The monoisotopic (exact) mass is 322 g/mol. The molecule has 0 unspecified atom stereocenters. The lowest BCUT2D eigenvalue weighted by molar-refractivity contribution is -0.136. The highest BCUT2D eigenvalue weighted by molar-refractivity contribution is 14.1. The molecule has 0 spiro atoms. The zero-order valence-corrected chi connectivity index (χ0v) is 10.6. The molecule has 0 aliphatic heterocycles. The Morgan fingerprint density at radius 3 is 2.33 bits per heavy atom. The molecule has 1 N–H and O–H groups in total. The van der Waals surface area contributed by atoms with Gasteiger partial charge in [-0.15, -0.1) is 0 Å². The van der Waals surface area contributed by atoms with E-state index in [1.165, 1.54) is 7.11 Å². The molecule has 0 radical (unpaired) electrons. The molecule has 0 saturated heterocycles. The third kappa shape index (κ3) is 2.98. The molecule has 1 aromatic rings. The molecular weight excluding hydrogens is 311 g/mol. The van der Waals surface area contributed by atoms with E-state index in [9.17, 15) is 4.79 Å². The van der Waals surface area contributed by atoms with Crippen molar-refractivity contribution < 1.29 is 19.4 Å². The van der Waals surface area contributed by atoms with E-state index in [0.29, 0.717) is 11.5 Å². The number of hydrogen-bond donors (Lipinski definition) is 1. The van der Waals surface area contributed by atoms with E-state index < -0.39 is 5.97 Å². The number of benzene rings is 1. The third-order valence-electron chi connectivity index (χ3n) is 1.89. The summed E-state index contributed by atoms with van der Waals surface area (Å²) in [4.78, 5) is 10.6. The Morgan fingerprint density at radius 1 is 1.33 bits per heavy atom. The Kier molecular flexibility index (Phi) is 4.19. The summed E-state index contributed by atoms with van der Waals surface area (Å²) in [6.07, 6.45) is -0.0153. The van der Waals surface area contributed by atoms with Crippen LogP contribution in [0.5, 0.6) is 11.5 Å². The highest BCUT2D eigenvalue weighted by Gasteiger charge is 2.11. The average Bonchev–Trinajstić information content (AvgIpc) is 2.19. The van der Waals surface area contributed by atoms with Gasteiger partial charge < -0.3 is 14.6 Å². The molecule has 0 heterocycles. The van der Waals surface area contributed by atoms with Crippen LogP contribution < -0.4 is 9.47 Å². The lowest BCUT2D eigenvalue weighted by Gasteiger charge is -2.10. The van der Waals surface area contributed by atoms with Crippen molar-refractivity contribution in [2.75, 3.05) is 14.2 Å². The largest absolute Gasteiger partial charge is 0.493 e. The van der Waals surface area contributed by atoms with Crippen LogP contribution >= 0.6 is 22.6 Å². The van der Waals surface area contributed by atoms with Crippen molar-refractivity contribution >= 4 is 28.6 Å². The van der Waals surface area contributed by atoms with Crippen LogP contribution in [-0.4, -0.2) is 25.3 Å². The van der Waals surface area contributed by atoms with E-state index in [2.05, 4.69) is 22.6 Å². The van der Waals surface area contributed by atoms with Crippen molar-refractivity contribution in [3.8, 4) is 11.5 Å². The van der Waals surface area contributed by atoms with E-state index in [1.807, 2.05) is 0 Å². The first kappa shape index (κ1) is 12.1. The minimum Gasteiger partial charge on any atom is -0.493 e. The van der Waals surface area contributed by atoms with Crippen LogP contribution in [0.1, 0.15) is 5.56 Å². The Labute approximate surface area is 101 Å². The van der Waals surface area contributed by atoms with E-state index in [-0.39, 0.29) is 6.42 Å². The molecule has 4 nitrogen and oxygen atoms in total. The minimum atomic E-state index is -0.861. The van der Waals surface area contributed by atoms with Crippen LogP contribution in [0.4, 0.5) is 0 Å². The fourth-order valence-corrected chi connectivity index (χ4v) is 1.82. The van der Waals surface area contributed by atoms with Gasteiger partial charge in [0, 0.05) is 3.57 Å². The fraction of sp³-hybridized carbons (Fsp3) is 0.300. The zero-order valence-electron chi connectivity index (χ0n) is 8.41. The molecule has 82 valence electrons.